The Morgan fingerprint density at radius 1 is 1.25 bits per heavy atom. The van der Waals surface area contributed by atoms with E-state index in [0.29, 0.717) is 17.9 Å². The number of carbonyl (C=O) groups excluding carboxylic acids is 2. The largest absolute Gasteiger partial charge is 0.463 e. The molecular weight excluding hydrogens is 212 g/mol. The van der Waals surface area contributed by atoms with Crippen molar-refractivity contribution >= 4 is 12.1 Å². The highest BCUT2D eigenvalue weighted by atomic mass is 16.6. The van der Waals surface area contributed by atoms with Gasteiger partial charge in [0, 0.05) is 5.70 Å². The first kappa shape index (κ1) is 12.4. The molecule has 0 aromatic heterocycles. The lowest BCUT2D eigenvalue weighted by atomic mass is 10.2. The molecule has 1 aliphatic rings. The molecule has 6 nitrogen and oxygen atoms in total. The average molecular weight is 228 g/mol. The Morgan fingerprint density at radius 2 is 1.88 bits per heavy atom. The van der Waals surface area contributed by atoms with Crippen LogP contribution in [0.3, 0.4) is 0 Å². The first-order valence-electron chi connectivity index (χ1n) is 5.16. The van der Waals surface area contributed by atoms with Crippen molar-refractivity contribution in [1.29, 1.82) is 0 Å². The summed E-state index contributed by atoms with van der Waals surface area (Å²) in [6.07, 6.45) is -0.468. The summed E-state index contributed by atoms with van der Waals surface area (Å²) in [6, 6.07) is 0. The average Bonchev–Trinajstić information content (AvgIpc) is 2.61. The lowest BCUT2D eigenvalue weighted by Gasteiger charge is -2.14. The minimum absolute atomic E-state index is 0.156. The number of rotatable bonds is 3. The second-order valence-electron chi connectivity index (χ2n) is 3.28. The third kappa shape index (κ3) is 2.65. The predicted octanol–water partition coefficient (Wildman–Crippen LogP) is 0.234. The van der Waals surface area contributed by atoms with Crippen LogP contribution in [0.15, 0.2) is 11.3 Å². The van der Waals surface area contributed by atoms with E-state index in [1.54, 1.807) is 13.8 Å². The molecule has 16 heavy (non-hydrogen) atoms. The number of hydrogen-bond acceptors (Lipinski definition) is 5. The molecule has 0 atom stereocenters. The van der Waals surface area contributed by atoms with E-state index >= 15 is 0 Å². The highest BCUT2D eigenvalue weighted by Crippen LogP contribution is 2.15. The fourth-order valence-electron chi connectivity index (χ4n) is 1.41. The van der Waals surface area contributed by atoms with Crippen molar-refractivity contribution in [3.8, 4) is 0 Å². The maximum atomic E-state index is 11.4. The first-order chi connectivity index (χ1) is 7.60. The van der Waals surface area contributed by atoms with Crippen LogP contribution in [0.4, 0.5) is 4.79 Å². The number of nitrogens with two attached hydrogens (primary N) is 1. The van der Waals surface area contributed by atoms with Gasteiger partial charge in [0.1, 0.15) is 0 Å². The molecule has 1 heterocycles. The Kier molecular flexibility index (Phi) is 4.16. The zero-order valence-corrected chi connectivity index (χ0v) is 9.49. The van der Waals surface area contributed by atoms with Gasteiger partial charge < -0.3 is 15.2 Å². The van der Waals surface area contributed by atoms with E-state index in [1.165, 1.54) is 4.90 Å². The van der Waals surface area contributed by atoms with Crippen molar-refractivity contribution in [2.45, 2.75) is 13.8 Å². The van der Waals surface area contributed by atoms with Crippen molar-refractivity contribution < 1.29 is 19.1 Å². The van der Waals surface area contributed by atoms with Crippen molar-refractivity contribution in [2.24, 2.45) is 5.73 Å². The van der Waals surface area contributed by atoms with Gasteiger partial charge in [0.05, 0.1) is 31.9 Å². The van der Waals surface area contributed by atoms with Gasteiger partial charge in [0.15, 0.2) is 0 Å². The molecule has 0 saturated carbocycles. The smallest absolute Gasteiger partial charge is 0.410 e. The second kappa shape index (κ2) is 5.39. The molecule has 0 saturated heterocycles. The molecule has 0 radical (unpaired) electrons. The van der Waals surface area contributed by atoms with E-state index in [1.807, 2.05) is 0 Å². The fraction of sp³-hybridized carbons (Fsp3) is 0.600. The lowest BCUT2D eigenvalue weighted by Crippen LogP contribution is -2.31. The molecule has 1 amide bonds. The minimum atomic E-state index is -0.468. The van der Waals surface area contributed by atoms with Crippen LogP contribution in [0.25, 0.3) is 0 Å². The van der Waals surface area contributed by atoms with Gasteiger partial charge in [-0.15, -0.1) is 0 Å². The zero-order valence-electron chi connectivity index (χ0n) is 9.49. The number of ether oxygens (including phenoxy) is 2. The Balaban J connectivity index is 2.60. The van der Waals surface area contributed by atoms with Crippen molar-refractivity contribution in [2.75, 3.05) is 26.3 Å². The van der Waals surface area contributed by atoms with Gasteiger partial charge in [-0.05, 0) is 13.8 Å². The van der Waals surface area contributed by atoms with Crippen molar-refractivity contribution in [3.05, 3.63) is 11.3 Å². The minimum Gasteiger partial charge on any atom is -0.463 e. The number of nitrogens with zero attached hydrogens (tertiary/aromatic N) is 1. The molecule has 1 aliphatic heterocycles. The van der Waals surface area contributed by atoms with Crippen molar-refractivity contribution in [3.63, 3.8) is 0 Å². The molecule has 6 heteroatoms. The Bertz CT molecular complexity index is 325. The van der Waals surface area contributed by atoms with E-state index in [2.05, 4.69) is 0 Å². The Hall–Kier alpha value is -1.72. The topological polar surface area (TPSA) is 81.9 Å². The highest BCUT2D eigenvalue weighted by Gasteiger charge is 2.29. The maximum Gasteiger partial charge on any atom is 0.410 e. The van der Waals surface area contributed by atoms with Crippen LogP contribution in [0.5, 0.6) is 0 Å². The monoisotopic (exact) mass is 228 g/mol. The number of carbonyl (C=O) groups is 2. The second-order valence-corrected chi connectivity index (χ2v) is 3.28. The Morgan fingerprint density at radius 3 is 2.44 bits per heavy atom. The molecule has 0 fully saturated rings. The molecule has 0 spiro atoms. The molecule has 0 bridgehead atoms. The fourth-order valence-corrected chi connectivity index (χ4v) is 1.41. The number of esters is 1. The van der Waals surface area contributed by atoms with E-state index < -0.39 is 12.1 Å². The molecule has 1 rings (SSSR count). The molecule has 0 aliphatic carbocycles. The summed E-state index contributed by atoms with van der Waals surface area (Å²) in [5.74, 6) is -0.466. The summed E-state index contributed by atoms with van der Waals surface area (Å²) < 4.78 is 9.64. The summed E-state index contributed by atoms with van der Waals surface area (Å²) in [5.41, 5.74) is 6.37. The highest BCUT2D eigenvalue weighted by molar-refractivity contribution is 5.91. The lowest BCUT2D eigenvalue weighted by molar-refractivity contribution is -0.138. The molecule has 0 unspecified atom stereocenters. The summed E-state index contributed by atoms with van der Waals surface area (Å²) in [7, 11) is 0. The van der Waals surface area contributed by atoms with Crippen LogP contribution in [-0.4, -0.2) is 43.3 Å². The quantitative estimate of drug-likeness (QED) is 0.699. The molecule has 0 aromatic rings. The van der Waals surface area contributed by atoms with E-state index in [4.69, 9.17) is 15.2 Å². The number of amides is 1. The molecule has 2 N–H and O–H groups in total. The summed E-state index contributed by atoms with van der Waals surface area (Å²) >= 11 is 0. The molecule has 0 aromatic carbocycles. The van der Waals surface area contributed by atoms with Crippen LogP contribution in [0.1, 0.15) is 13.8 Å². The first-order valence-corrected chi connectivity index (χ1v) is 5.16. The van der Waals surface area contributed by atoms with E-state index in [-0.39, 0.29) is 19.7 Å². The summed E-state index contributed by atoms with van der Waals surface area (Å²) in [4.78, 5) is 24.2. The van der Waals surface area contributed by atoms with E-state index in [9.17, 15) is 9.59 Å². The molecular formula is C10H16N2O4. The SMILES string of the molecule is CCOC(=O)C1=C(N)CN(C(=O)OCC)C1. The standard InChI is InChI=1S/C10H16N2O4/c1-3-15-9(13)7-5-12(6-8(7)11)10(14)16-4-2/h3-6,11H2,1-2H3. The van der Waals surface area contributed by atoms with Crippen LogP contribution < -0.4 is 5.73 Å². The van der Waals surface area contributed by atoms with Gasteiger partial charge in [-0.2, -0.15) is 0 Å². The van der Waals surface area contributed by atoms with Gasteiger partial charge in [-0.25, -0.2) is 9.59 Å². The van der Waals surface area contributed by atoms with Gasteiger partial charge >= 0.3 is 12.1 Å². The predicted molar refractivity (Wildman–Crippen MR) is 56.4 cm³/mol. The summed E-state index contributed by atoms with van der Waals surface area (Å²) in [5, 5.41) is 0. The van der Waals surface area contributed by atoms with Crippen LogP contribution >= 0.6 is 0 Å². The van der Waals surface area contributed by atoms with Gasteiger partial charge in [-0.1, -0.05) is 0 Å². The van der Waals surface area contributed by atoms with E-state index in [0.717, 1.165) is 0 Å². The van der Waals surface area contributed by atoms with Crippen LogP contribution in [0.2, 0.25) is 0 Å². The van der Waals surface area contributed by atoms with Crippen molar-refractivity contribution in [1.82, 2.24) is 4.90 Å². The van der Waals surface area contributed by atoms with Gasteiger partial charge in [0.25, 0.3) is 0 Å². The third-order valence-electron chi connectivity index (χ3n) is 2.15. The maximum absolute atomic E-state index is 11.4. The van der Waals surface area contributed by atoms with Gasteiger partial charge in [-0.3, -0.25) is 4.90 Å². The van der Waals surface area contributed by atoms with Crippen LogP contribution in [-0.2, 0) is 14.3 Å². The van der Waals surface area contributed by atoms with Crippen LogP contribution in [0, 0.1) is 0 Å². The Labute approximate surface area is 94.0 Å². The van der Waals surface area contributed by atoms with Gasteiger partial charge in [0.2, 0.25) is 0 Å². The molecule has 90 valence electrons. The zero-order chi connectivity index (χ0) is 12.1. The summed E-state index contributed by atoms with van der Waals surface area (Å²) in [6.45, 7) is 4.39. The third-order valence-corrected chi connectivity index (χ3v) is 2.15. The number of hydrogen-bond donors (Lipinski definition) is 1. The normalized spacial score (nSPS) is 15.2.